The van der Waals surface area contributed by atoms with Crippen LogP contribution in [0.25, 0.3) is 10.9 Å². The zero-order valence-corrected chi connectivity index (χ0v) is 24.5. The molecule has 5 aromatic rings. The Morgan fingerprint density at radius 1 is 1.02 bits per heavy atom. The van der Waals surface area contributed by atoms with Crippen LogP contribution in [0.2, 0.25) is 4.34 Å². The van der Waals surface area contributed by atoms with Gasteiger partial charge >= 0.3 is 0 Å². The number of benzene rings is 3. The summed E-state index contributed by atoms with van der Waals surface area (Å²) in [6.45, 7) is 0.809. The first-order valence-corrected chi connectivity index (χ1v) is 15.4. The summed E-state index contributed by atoms with van der Waals surface area (Å²) in [5, 5.41) is 8.44. The van der Waals surface area contributed by atoms with Crippen molar-refractivity contribution in [2.24, 2.45) is 5.73 Å². The molecule has 4 N–H and O–H groups in total. The number of carbonyl (C=O) groups is 1. The molecule has 0 unspecified atom stereocenters. The molecule has 1 amide bonds. The van der Waals surface area contributed by atoms with Crippen LogP contribution in [0.3, 0.4) is 0 Å². The predicted molar refractivity (Wildman–Crippen MR) is 162 cm³/mol. The van der Waals surface area contributed by atoms with Crippen LogP contribution in [0, 0.1) is 0 Å². The number of aromatic nitrogens is 2. The summed E-state index contributed by atoms with van der Waals surface area (Å²) in [6, 6.07) is 25.5. The van der Waals surface area contributed by atoms with E-state index in [9.17, 15) is 13.2 Å². The molecule has 0 aliphatic carbocycles. The number of hydrogen-bond acceptors (Lipinski definition) is 7. The van der Waals surface area contributed by atoms with Gasteiger partial charge in [-0.15, -0.1) is 11.3 Å². The average molecular weight is 610 g/mol. The standard InChI is InChI=1S/C29H28ClN5O4S2/c1-39-24-12-6-11-23-27(24)29(34-41(37,38)26-14-13-25(30)40-26)33-35(23)18-21-10-5-9-20(15-21)17-32-22(28(31)36)16-19-7-3-2-4-8-19/h2-15,22,32H,16-18H2,1H3,(H2,31,36)(H,33,34)/t22-/m0/s1. The Morgan fingerprint density at radius 3 is 2.46 bits per heavy atom. The largest absolute Gasteiger partial charge is 0.496 e. The lowest BCUT2D eigenvalue weighted by Gasteiger charge is -2.16. The Labute approximate surface area is 247 Å². The minimum absolute atomic E-state index is 0.0850. The summed E-state index contributed by atoms with van der Waals surface area (Å²) >= 11 is 6.93. The fourth-order valence-corrected chi connectivity index (χ4v) is 7.05. The number of thiophene rings is 1. The molecule has 2 aromatic heterocycles. The number of sulfonamides is 1. The predicted octanol–water partition coefficient (Wildman–Crippen LogP) is 4.80. The zero-order valence-electron chi connectivity index (χ0n) is 22.1. The number of nitrogens with two attached hydrogens (primary N) is 1. The van der Waals surface area contributed by atoms with Crippen molar-refractivity contribution in [3.05, 3.63) is 106 Å². The third-order valence-electron chi connectivity index (χ3n) is 6.51. The monoisotopic (exact) mass is 609 g/mol. The SMILES string of the molecule is COc1cccc2c1c(NS(=O)(=O)c1ccc(Cl)s1)nn2Cc1cccc(CN[C@@H](Cc2ccccc2)C(N)=O)c1. The van der Waals surface area contributed by atoms with Crippen molar-refractivity contribution in [3.63, 3.8) is 0 Å². The summed E-state index contributed by atoms with van der Waals surface area (Å²) in [4.78, 5) is 12.1. The molecule has 0 aliphatic heterocycles. The Kier molecular flexibility index (Phi) is 8.60. The lowest BCUT2D eigenvalue weighted by atomic mass is 10.0. The molecular formula is C29H28ClN5O4S2. The highest BCUT2D eigenvalue weighted by Gasteiger charge is 2.23. The van der Waals surface area contributed by atoms with E-state index in [0.717, 1.165) is 28.0 Å². The third kappa shape index (κ3) is 6.71. The molecule has 0 radical (unpaired) electrons. The van der Waals surface area contributed by atoms with E-state index >= 15 is 0 Å². The van der Waals surface area contributed by atoms with Gasteiger partial charge in [-0.2, -0.15) is 5.10 Å². The number of anilines is 1. The van der Waals surface area contributed by atoms with Gasteiger partial charge in [-0.25, -0.2) is 8.42 Å². The van der Waals surface area contributed by atoms with Gasteiger partial charge in [0, 0.05) is 6.54 Å². The second-order valence-electron chi connectivity index (χ2n) is 9.37. The summed E-state index contributed by atoms with van der Waals surface area (Å²) in [5.41, 5.74) is 9.29. The third-order valence-corrected chi connectivity index (χ3v) is 9.57. The number of hydrogen-bond donors (Lipinski definition) is 3. The van der Waals surface area contributed by atoms with E-state index in [0.29, 0.717) is 40.5 Å². The van der Waals surface area contributed by atoms with Gasteiger partial charge in [0.2, 0.25) is 5.91 Å². The van der Waals surface area contributed by atoms with Gasteiger partial charge in [0.05, 0.1) is 34.9 Å². The number of halogens is 1. The van der Waals surface area contributed by atoms with Crippen molar-refractivity contribution in [2.45, 2.75) is 29.8 Å². The Bertz CT molecular complexity index is 1790. The van der Waals surface area contributed by atoms with Gasteiger partial charge in [0.1, 0.15) is 9.96 Å². The molecule has 0 saturated carbocycles. The number of primary amides is 1. The van der Waals surface area contributed by atoms with Gasteiger partial charge in [-0.3, -0.25) is 14.2 Å². The Balaban J connectivity index is 1.38. The van der Waals surface area contributed by atoms with Crippen molar-refractivity contribution in [2.75, 3.05) is 11.8 Å². The maximum atomic E-state index is 13.1. The van der Waals surface area contributed by atoms with Crippen molar-refractivity contribution < 1.29 is 17.9 Å². The summed E-state index contributed by atoms with van der Waals surface area (Å²) in [7, 11) is -2.39. The molecular weight excluding hydrogens is 582 g/mol. The van der Waals surface area contributed by atoms with E-state index < -0.39 is 22.0 Å². The number of rotatable bonds is 12. The Hall–Kier alpha value is -3.90. The minimum Gasteiger partial charge on any atom is -0.496 e. The van der Waals surface area contributed by atoms with Gasteiger partial charge in [0.15, 0.2) is 5.82 Å². The normalized spacial score (nSPS) is 12.3. The molecule has 2 heterocycles. The quantitative estimate of drug-likeness (QED) is 0.186. The highest BCUT2D eigenvalue weighted by Crippen LogP contribution is 2.35. The highest BCUT2D eigenvalue weighted by molar-refractivity contribution is 7.94. The van der Waals surface area contributed by atoms with Crippen LogP contribution in [0.4, 0.5) is 5.82 Å². The van der Waals surface area contributed by atoms with E-state index in [2.05, 4.69) is 15.1 Å². The molecule has 0 fully saturated rings. The van der Waals surface area contributed by atoms with E-state index in [1.54, 1.807) is 10.7 Å². The van der Waals surface area contributed by atoms with Crippen LogP contribution in [0.5, 0.6) is 5.75 Å². The maximum absolute atomic E-state index is 13.1. The van der Waals surface area contributed by atoms with Gasteiger partial charge in [-0.05, 0) is 47.4 Å². The first-order valence-electron chi connectivity index (χ1n) is 12.7. The lowest BCUT2D eigenvalue weighted by molar-refractivity contribution is -0.120. The first kappa shape index (κ1) is 28.6. The number of nitrogens with zero attached hydrogens (tertiary/aromatic N) is 2. The van der Waals surface area contributed by atoms with E-state index in [4.69, 9.17) is 22.1 Å². The summed E-state index contributed by atoms with van der Waals surface area (Å²) < 4.78 is 36.5. The summed E-state index contributed by atoms with van der Waals surface area (Å²) in [6.07, 6.45) is 0.493. The molecule has 12 heteroatoms. The van der Waals surface area contributed by atoms with Crippen molar-refractivity contribution in [1.29, 1.82) is 0 Å². The Morgan fingerprint density at radius 2 is 1.76 bits per heavy atom. The zero-order chi connectivity index (χ0) is 29.0. The molecule has 212 valence electrons. The molecule has 5 rings (SSSR count). The number of methoxy groups -OCH3 is 1. The first-order chi connectivity index (χ1) is 19.7. The van der Waals surface area contributed by atoms with Gasteiger partial charge < -0.3 is 15.8 Å². The molecule has 3 aromatic carbocycles. The lowest BCUT2D eigenvalue weighted by Crippen LogP contribution is -2.42. The van der Waals surface area contributed by atoms with E-state index in [1.807, 2.05) is 66.7 Å². The number of nitrogens with one attached hydrogen (secondary N) is 2. The molecule has 0 saturated heterocycles. The van der Waals surface area contributed by atoms with E-state index in [-0.39, 0.29) is 10.0 Å². The number of amides is 1. The second kappa shape index (κ2) is 12.3. The van der Waals surface area contributed by atoms with Crippen LogP contribution in [-0.2, 0) is 34.3 Å². The maximum Gasteiger partial charge on any atom is 0.272 e. The van der Waals surface area contributed by atoms with Crippen LogP contribution in [-0.4, -0.2) is 37.3 Å². The summed E-state index contributed by atoms with van der Waals surface area (Å²) in [5.74, 6) is 0.233. The average Bonchev–Trinajstić information content (AvgIpc) is 3.55. The number of fused-ring (bicyclic) bond motifs is 1. The number of ether oxygens (including phenoxy) is 1. The fraction of sp³-hybridized carbons (Fsp3) is 0.172. The van der Waals surface area contributed by atoms with Crippen LogP contribution < -0.4 is 20.5 Å². The molecule has 41 heavy (non-hydrogen) atoms. The molecule has 0 spiro atoms. The topological polar surface area (TPSA) is 128 Å². The van der Waals surface area contributed by atoms with Crippen molar-refractivity contribution in [1.82, 2.24) is 15.1 Å². The minimum atomic E-state index is -3.91. The highest BCUT2D eigenvalue weighted by atomic mass is 35.5. The van der Waals surface area contributed by atoms with Crippen LogP contribution in [0.1, 0.15) is 16.7 Å². The van der Waals surface area contributed by atoms with Gasteiger partial charge in [-0.1, -0.05) is 72.3 Å². The van der Waals surface area contributed by atoms with Crippen molar-refractivity contribution in [3.8, 4) is 5.75 Å². The van der Waals surface area contributed by atoms with Crippen LogP contribution >= 0.6 is 22.9 Å². The molecule has 0 aliphatic rings. The van der Waals surface area contributed by atoms with Crippen LogP contribution in [0.15, 0.2) is 89.1 Å². The molecule has 0 bridgehead atoms. The molecule has 9 nitrogen and oxygen atoms in total. The fourth-order valence-electron chi connectivity index (χ4n) is 4.55. The smallest absolute Gasteiger partial charge is 0.272 e. The van der Waals surface area contributed by atoms with Gasteiger partial charge in [0.25, 0.3) is 10.0 Å². The number of carbonyl (C=O) groups excluding carboxylic acids is 1. The van der Waals surface area contributed by atoms with E-state index in [1.165, 1.54) is 19.2 Å². The molecule has 1 atom stereocenters. The second-order valence-corrected chi connectivity index (χ2v) is 13.0. The van der Waals surface area contributed by atoms with Crippen molar-refractivity contribution >= 4 is 55.6 Å².